The average Bonchev–Trinajstić information content (AvgIpc) is 2.86. The molecule has 0 bridgehead atoms. The van der Waals surface area contributed by atoms with E-state index in [2.05, 4.69) is 28.1 Å². The summed E-state index contributed by atoms with van der Waals surface area (Å²) in [5.41, 5.74) is 1.50. The van der Waals surface area contributed by atoms with E-state index in [0.29, 0.717) is 17.2 Å². The molecule has 0 unspecified atom stereocenters. The fourth-order valence-electron chi connectivity index (χ4n) is 1.07. The second kappa shape index (κ2) is 3.83. The first-order valence-corrected chi connectivity index (χ1v) is 4.93. The number of aryl methyl sites for hydroxylation is 1. The Kier molecular flexibility index (Phi) is 2.53. The van der Waals surface area contributed by atoms with Crippen LogP contribution in [-0.2, 0) is 12.3 Å². The van der Waals surface area contributed by atoms with E-state index >= 15 is 0 Å². The summed E-state index contributed by atoms with van der Waals surface area (Å²) >= 11 is 4.10. The molecule has 0 N–H and O–H groups in total. The monoisotopic (exact) mass is 210 g/mol. The van der Waals surface area contributed by atoms with Gasteiger partial charge >= 0.3 is 0 Å². The molecule has 2 heterocycles. The lowest BCUT2D eigenvalue weighted by Gasteiger charge is -1.86. The summed E-state index contributed by atoms with van der Waals surface area (Å²) in [4.78, 5) is 0. The lowest BCUT2D eigenvalue weighted by Crippen LogP contribution is -1.93. The summed E-state index contributed by atoms with van der Waals surface area (Å²) in [5.74, 6) is 1.19. The smallest absolute Gasteiger partial charge is 0.189 e. The van der Waals surface area contributed by atoms with Crippen molar-refractivity contribution in [1.82, 2.24) is 20.2 Å². The van der Waals surface area contributed by atoms with Crippen LogP contribution in [0.15, 0.2) is 16.8 Å². The van der Waals surface area contributed by atoms with E-state index in [4.69, 9.17) is 4.52 Å². The summed E-state index contributed by atoms with van der Waals surface area (Å²) in [7, 11) is 0. The third-order valence-corrected chi connectivity index (χ3v) is 2.16. The van der Waals surface area contributed by atoms with E-state index in [-0.39, 0.29) is 0 Å². The number of hydrogen-bond donors (Lipinski definition) is 1. The van der Waals surface area contributed by atoms with Gasteiger partial charge in [0.1, 0.15) is 0 Å². The first-order chi connectivity index (χ1) is 6.83. The third kappa shape index (κ3) is 1.65. The van der Waals surface area contributed by atoms with E-state index in [1.165, 1.54) is 0 Å². The van der Waals surface area contributed by atoms with Crippen molar-refractivity contribution < 1.29 is 4.52 Å². The van der Waals surface area contributed by atoms with E-state index in [1.807, 2.05) is 19.2 Å². The van der Waals surface area contributed by atoms with Crippen LogP contribution in [0.5, 0.6) is 0 Å². The molecule has 74 valence electrons. The molecule has 2 rings (SSSR count). The van der Waals surface area contributed by atoms with E-state index < -0.39 is 0 Å². The standard InChI is InChI=1S/C8H10N4OS/c1-2-12-4-7(9-11-12)8-3-6(5-14)10-13-8/h3-4,14H,2,5H2,1H3. The predicted octanol–water partition coefficient (Wildman–Crippen LogP) is 1.38. The van der Waals surface area contributed by atoms with Gasteiger partial charge in [-0.1, -0.05) is 10.4 Å². The van der Waals surface area contributed by atoms with Crippen LogP contribution in [-0.4, -0.2) is 20.2 Å². The molecule has 0 radical (unpaired) electrons. The quantitative estimate of drug-likeness (QED) is 0.778. The highest BCUT2D eigenvalue weighted by molar-refractivity contribution is 7.79. The Morgan fingerprint density at radius 1 is 1.57 bits per heavy atom. The minimum atomic E-state index is 0.561. The molecule has 0 aromatic carbocycles. The molecular formula is C8H10N4OS. The summed E-state index contributed by atoms with van der Waals surface area (Å²) < 4.78 is 6.82. The van der Waals surface area contributed by atoms with Crippen LogP contribution in [0.3, 0.4) is 0 Å². The van der Waals surface area contributed by atoms with Gasteiger partial charge in [0.25, 0.3) is 0 Å². The first-order valence-electron chi connectivity index (χ1n) is 4.30. The summed E-state index contributed by atoms with van der Waals surface area (Å²) in [6.07, 6.45) is 1.82. The van der Waals surface area contributed by atoms with Gasteiger partial charge in [-0.2, -0.15) is 12.6 Å². The second-order valence-electron chi connectivity index (χ2n) is 2.80. The minimum absolute atomic E-state index is 0.561. The summed E-state index contributed by atoms with van der Waals surface area (Å²) in [6, 6.07) is 1.82. The molecule has 0 aliphatic carbocycles. The SMILES string of the molecule is CCn1cc(-c2cc(CS)no2)nn1. The molecule has 0 spiro atoms. The van der Waals surface area contributed by atoms with Crippen molar-refractivity contribution in [2.45, 2.75) is 19.2 Å². The topological polar surface area (TPSA) is 56.7 Å². The molecule has 0 amide bonds. The molecule has 0 saturated carbocycles. The van der Waals surface area contributed by atoms with Gasteiger partial charge in [0.15, 0.2) is 11.5 Å². The van der Waals surface area contributed by atoms with Crippen molar-refractivity contribution >= 4 is 12.6 Å². The molecule has 5 nitrogen and oxygen atoms in total. The largest absolute Gasteiger partial charge is 0.354 e. The molecule has 0 fully saturated rings. The normalized spacial score (nSPS) is 10.7. The zero-order valence-corrected chi connectivity index (χ0v) is 8.61. The highest BCUT2D eigenvalue weighted by atomic mass is 32.1. The highest BCUT2D eigenvalue weighted by Gasteiger charge is 2.09. The molecule has 0 saturated heterocycles. The van der Waals surface area contributed by atoms with Gasteiger partial charge in [-0.25, -0.2) is 0 Å². The van der Waals surface area contributed by atoms with Crippen LogP contribution in [0, 0.1) is 0 Å². The molecule has 14 heavy (non-hydrogen) atoms. The van der Waals surface area contributed by atoms with Crippen LogP contribution < -0.4 is 0 Å². The van der Waals surface area contributed by atoms with Gasteiger partial charge in [0.2, 0.25) is 0 Å². The van der Waals surface area contributed by atoms with Gasteiger partial charge in [0, 0.05) is 18.4 Å². The van der Waals surface area contributed by atoms with Gasteiger partial charge in [0.05, 0.1) is 11.9 Å². The number of thiol groups is 1. The fraction of sp³-hybridized carbons (Fsp3) is 0.375. The lowest BCUT2D eigenvalue weighted by atomic mass is 10.3. The number of nitrogens with zero attached hydrogens (tertiary/aromatic N) is 4. The van der Waals surface area contributed by atoms with Crippen molar-refractivity contribution in [1.29, 1.82) is 0 Å². The molecule has 0 aliphatic rings. The maximum absolute atomic E-state index is 5.08. The van der Waals surface area contributed by atoms with E-state index in [9.17, 15) is 0 Å². The molecule has 2 aromatic rings. The molecule has 0 aliphatic heterocycles. The van der Waals surface area contributed by atoms with Gasteiger partial charge in [-0.05, 0) is 6.92 Å². The Balaban J connectivity index is 2.29. The number of aromatic nitrogens is 4. The number of hydrogen-bond acceptors (Lipinski definition) is 5. The molecule has 2 aromatic heterocycles. The molecule has 6 heteroatoms. The average molecular weight is 210 g/mol. The lowest BCUT2D eigenvalue weighted by molar-refractivity contribution is 0.425. The predicted molar refractivity (Wildman–Crippen MR) is 53.9 cm³/mol. The number of rotatable bonds is 3. The van der Waals surface area contributed by atoms with Crippen LogP contribution in [0.2, 0.25) is 0 Å². The van der Waals surface area contributed by atoms with Crippen LogP contribution in [0.25, 0.3) is 11.5 Å². The van der Waals surface area contributed by atoms with Gasteiger partial charge in [-0.15, -0.1) is 5.10 Å². The second-order valence-corrected chi connectivity index (χ2v) is 3.12. The van der Waals surface area contributed by atoms with Crippen molar-refractivity contribution in [3.8, 4) is 11.5 Å². The Labute approximate surface area is 86.5 Å². The van der Waals surface area contributed by atoms with Crippen molar-refractivity contribution in [3.05, 3.63) is 18.0 Å². The maximum Gasteiger partial charge on any atom is 0.189 e. The Morgan fingerprint density at radius 2 is 2.43 bits per heavy atom. The fourth-order valence-corrected chi connectivity index (χ4v) is 1.22. The minimum Gasteiger partial charge on any atom is -0.354 e. The zero-order valence-electron chi connectivity index (χ0n) is 7.71. The maximum atomic E-state index is 5.08. The highest BCUT2D eigenvalue weighted by Crippen LogP contribution is 2.17. The van der Waals surface area contributed by atoms with Crippen LogP contribution in [0.1, 0.15) is 12.6 Å². The van der Waals surface area contributed by atoms with Crippen LogP contribution >= 0.6 is 12.6 Å². The van der Waals surface area contributed by atoms with Crippen molar-refractivity contribution in [2.75, 3.05) is 0 Å². The summed E-state index contributed by atoms with van der Waals surface area (Å²) in [6.45, 7) is 2.79. The van der Waals surface area contributed by atoms with E-state index in [1.54, 1.807) is 4.68 Å². The van der Waals surface area contributed by atoms with Gasteiger partial charge < -0.3 is 4.52 Å². The van der Waals surface area contributed by atoms with Crippen LogP contribution in [0.4, 0.5) is 0 Å². The van der Waals surface area contributed by atoms with Gasteiger partial charge in [-0.3, -0.25) is 4.68 Å². The van der Waals surface area contributed by atoms with Crippen molar-refractivity contribution in [3.63, 3.8) is 0 Å². The van der Waals surface area contributed by atoms with E-state index in [0.717, 1.165) is 12.2 Å². The Bertz CT molecular complexity index is 382. The van der Waals surface area contributed by atoms with Crippen molar-refractivity contribution in [2.24, 2.45) is 0 Å². The Morgan fingerprint density at radius 3 is 3.00 bits per heavy atom. The molecular weight excluding hydrogens is 200 g/mol. The Hall–Kier alpha value is -1.30. The zero-order chi connectivity index (χ0) is 9.97. The summed E-state index contributed by atoms with van der Waals surface area (Å²) in [5, 5.41) is 11.7. The first kappa shape index (κ1) is 9.26. The third-order valence-electron chi connectivity index (χ3n) is 1.84. The molecule has 0 atom stereocenters.